The highest BCUT2D eigenvalue weighted by molar-refractivity contribution is 6.31. The second-order valence-electron chi connectivity index (χ2n) is 8.63. The predicted octanol–water partition coefficient (Wildman–Crippen LogP) is 9.12. The molecule has 0 atom stereocenters. The van der Waals surface area contributed by atoms with Crippen LogP contribution in [0.4, 0.5) is 0 Å². The smallest absolute Gasteiger partial charge is 0.161 e. The number of hydrogen-bond acceptors (Lipinski definition) is 2. The first-order chi connectivity index (χ1) is 14.1. The SMILES string of the molecule is CCCCCCCCCCc1c(Cl)cc(O)c(O)c1CCCCCCCCCC. The lowest BCUT2D eigenvalue weighted by Gasteiger charge is -2.15. The molecule has 2 N–H and O–H groups in total. The second kappa shape index (κ2) is 16.9. The van der Waals surface area contributed by atoms with E-state index in [2.05, 4.69) is 13.8 Å². The number of phenolic OH excluding ortho intramolecular Hbond substituents is 2. The van der Waals surface area contributed by atoms with Crippen molar-refractivity contribution in [2.24, 2.45) is 0 Å². The Morgan fingerprint density at radius 2 is 0.966 bits per heavy atom. The molecule has 29 heavy (non-hydrogen) atoms. The maximum absolute atomic E-state index is 10.4. The van der Waals surface area contributed by atoms with E-state index >= 15 is 0 Å². The van der Waals surface area contributed by atoms with E-state index in [0.29, 0.717) is 5.02 Å². The molecule has 1 aromatic carbocycles. The molecular weight excluding hydrogens is 380 g/mol. The van der Waals surface area contributed by atoms with E-state index in [0.717, 1.165) is 36.8 Å². The maximum Gasteiger partial charge on any atom is 0.161 e. The van der Waals surface area contributed by atoms with E-state index in [1.807, 2.05) is 0 Å². The number of phenols is 2. The quantitative estimate of drug-likeness (QED) is 0.182. The fraction of sp³-hybridized carbons (Fsp3) is 0.769. The molecule has 0 saturated heterocycles. The van der Waals surface area contributed by atoms with Gasteiger partial charge < -0.3 is 10.2 Å². The van der Waals surface area contributed by atoms with Crippen molar-refractivity contribution in [3.05, 3.63) is 22.2 Å². The molecule has 168 valence electrons. The number of aromatic hydroxyl groups is 2. The molecule has 0 spiro atoms. The van der Waals surface area contributed by atoms with Crippen LogP contribution in [0.25, 0.3) is 0 Å². The van der Waals surface area contributed by atoms with Gasteiger partial charge in [0, 0.05) is 16.7 Å². The average Bonchev–Trinajstić information content (AvgIpc) is 2.71. The molecule has 0 fully saturated rings. The summed E-state index contributed by atoms with van der Waals surface area (Å²) >= 11 is 6.44. The molecule has 1 aromatic rings. The van der Waals surface area contributed by atoms with Gasteiger partial charge in [-0.1, -0.05) is 115 Å². The van der Waals surface area contributed by atoms with E-state index in [-0.39, 0.29) is 11.5 Å². The van der Waals surface area contributed by atoms with Crippen molar-refractivity contribution in [3.63, 3.8) is 0 Å². The van der Waals surface area contributed by atoms with Crippen molar-refractivity contribution >= 4 is 11.6 Å². The van der Waals surface area contributed by atoms with E-state index in [1.165, 1.54) is 96.0 Å². The molecule has 0 bridgehead atoms. The topological polar surface area (TPSA) is 40.5 Å². The van der Waals surface area contributed by atoms with Gasteiger partial charge in [-0.15, -0.1) is 0 Å². The van der Waals surface area contributed by atoms with Crippen molar-refractivity contribution in [2.45, 2.75) is 129 Å². The van der Waals surface area contributed by atoms with Gasteiger partial charge in [0.1, 0.15) is 0 Å². The zero-order chi connectivity index (χ0) is 21.3. The van der Waals surface area contributed by atoms with E-state index in [9.17, 15) is 10.2 Å². The number of halogens is 1. The first kappa shape index (κ1) is 26.1. The number of unbranched alkanes of at least 4 members (excludes halogenated alkanes) is 14. The molecule has 0 aliphatic heterocycles. The van der Waals surface area contributed by atoms with Gasteiger partial charge in [-0.2, -0.15) is 0 Å². The van der Waals surface area contributed by atoms with Gasteiger partial charge in [0.05, 0.1) is 0 Å². The fourth-order valence-corrected chi connectivity index (χ4v) is 4.44. The molecule has 0 radical (unpaired) electrons. The first-order valence-corrected chi connectivity index (χ1v) is 12.7. The molecule has 0 aromatic heterocycles. The summed E-state index contributed by atoms with van der Waals surface area (Å²) < 4.78 is 0. The third-order valence-electron chi connectivity index (χ3n) is 6.01. The van der Waals surface area contributed by atoms with Crippen LogP contribution < -0.4 is 0 Å². The van der Waals surface area contributed by atoms with Crippen molar-refractivity contribution in [1.29, 1.82) is 0 Å². The highest BCUT2D eigenvalue weighted by Crippen LogP contribution is 2.38. The molecule has 0 saturated carbocycles. The van der Waals surface area contributed by atoms with Crippen LogP contribution in [-0.2, 0) is 12.8 Å². The van der Waals surface area contributed by atoms with Gasteiger partial charge in [0.15, 0.2) is 11.5 Å². The third kappa shape index (κ3) is 11.2. The zero-order valence-corrected chi connectivity index (χ0v) is 19.8. The Morgan fingerprint density at radius 3 is 1.41 bits per heavy atom. The zero-order valence-electron chi connectivity index (χ0n) is 19.1. The molecule has 0 unspecified atom stereocenters. The average molecular weight is 425 g/mol. The molecule has 0 aliphatic rings. The fourth-order valence-electron chi connectivity index (χ4n) is 4.13. The number of hydrogen-bond donors (Lipinski definition) is 2. The van der Waals surface area contributed by atoms with E-state index in [4.69, 9.17) is 11.6 Å². The molecule has 0 amide bonds. The lowest BCUT2D eigenvalue weighted by Crippen LogP contribution is -1.98. The van der Waals surface area contributed by atoms with Crippen LogP contribution >= 0.6 is 11.6 Å². The maximum atomic E-state index is 10.4. The minimum atomic E-state index is -0.0794. The van der Waals surface area contributed by atoms with Gasteiger partial charge in [0.25, 0.3) is 0 Å². The molecule has 0 aliphatic carbocycles. The van der Waals surface area contributed by atoms with Gasteiger partial charge in [-0.3, -0.25) is 0 Å². The molecular formula is C26H45ClO2. The minimum Gasteiger partial charge on any atom is -0.504 e. The predicted molar refractivity (Wildman–Crippen MR) is 127 cm³/mol. The minimum absolute atomic E-state index is 0.0481. The lowest BCUT2D eigenvalue weighted by molar-refractivity contribution is 0.397. The van der Waals surface area contributed by atoms with Gasteiger partial charge in [-0.25, -0.2) is 0 Å². The number of rotatable bonds is 18. The van der Waals surface area contributed by atoms with Crippen LogP contribution in [0.5, 0.6) is 11.5 Å². The standard InChI is InChI=1S/C26H45ClO2/c1-3-5-7-9-11-13-15-17-19-22-23(26(29)25(28)21-24(22)27)20-18-16-14-12-10-8-6-4-2/h21,28-29H,3-20H2,1-2H3. The summed E-state index contributed by atoms with van der Waals surface area (Å²) in [6, 6.07) is 1.51. The Morgan fingerprint density at radius 1 is 0.586 bits per heavy atom. The Bertz CT molecular complexity index is 542. The van der Waals surface area contributed by atoms with Crippen LogP contribution in [0.3, 0.4) is 0 Å². The second-order valence-corrected chi connectivity index (χ2v) is 9.04. The van der Waals surface area contributed by atoms with Crippen LogP contribution in [-0.4, -0.2) is 10.2 Å². The highest BCUT2D eigenvalue weighted by Gasteiger charge is 2.16. The third-order valence-corrected chi connectivity index (χ3v) is 6.34. The van der Waals surface area contributed by atoms with Crippen molar-refractivity contribution in [2.75, 3.05) is 0 Å². The van der Waals surface area contributed by atoms with E-state index < -0.39 is 0 Å². The summed E-state index contributed by atoms with van der Waals surface area (Å²) in [6.45, 7) is 4.50. The molecule has 3 heteroatoms. The summed E-state index contributed by atoms with van der Waals surface area (Å²) in [5, 5.41) is 21.0. The summed E-state index contributed by atoms with van der Waals surface area (Å²) in [5.74, 6) is -0.0313. The largest absolute Gasteiger partial charge is 0.504 e. The van der Waals surface area contributed by atoms with Crippen molar-refractivity contribution < 1.29 is 10.2 Å². The van der Waals surface area contributed by atoms with Crippen LogP contribution in [0.2, 0.25) is 5.02 Å². The van der Waals surface area contributed by atoms with E-state index in [1.54, 1.807) is 0 Å². The Kier molecular flexibility index (Phi) is 15.2. The van der Waals surface area contributed by atoms with Crippen molar-refractivity contribution in [1.82, 2.24) is 0 Å². The summed E-state index contributed by atoms with van der Waals surface area (Å²) in [4.78, 5) is 0. The summed E-state index contributed by atoms with van der Waals surface area (Å²) in [7, 11) is 0. The molecule has 2 nitrogen and oxygen atoms in total. The van der Waals surface area contributed by atoms with Crippen LogP contribution in [0, 0.1) is 0 Å². The molecule has 0 heterocycles. The van der Waals surface area contributed by atoms with Crippen LogP contribution in [0.1, 0.15) is 128 Å². The van der Waals surface area contributed by atoms with Gasteiger partial charge >= 0.3 is 0 Å². The Labute approximate surface area is 185 Å². The lowest BCUT2D eigenvalue weighted by atomic mass is 9.95. The highest BCUT2D eigenvalue weighted by atomic mass is 35.5. The Balaban J connectivity index is 2.42. The van der Waals surface area contributed by atoms with Gasteiger partial charge in [-0.05, 0) is 31.2 Å². The normalized spacial score (nSPS) is 11.3. The molecule has 1 rings (SSSR count). The monoisotopic (exact) mass is 424 g/mol. The summed E-state index contributed by atoms with van der Waals surface area (Å²) in [6.07, 6.45) is 22.1. The summed E-state index contributed by atoms with van der Waals surface area (Å²) in [5.41, 5.74) is 1.93. The van der Waals surface area contributed by atoms with Crippen molar-refractivity contribution in [3.8, 4) is 11.5 Å². The number of benzene rings is 1. The van der Waals surface area contributed by atoms with Gasteiger partial charge in [0.2, 0.25) is 0 Å². The van der Waals surface area contributed by atoms with Crippen LogP contribution in [0.15, 0.2) is 6.07 Å². The Hall–Kier alpha value is -0.890. The first-order valence-electron chi connectivity index (χ1n) is 12.3.